The second-order valence-electron chi connectivity index (χ2n) is 7.14. The quantitative estimate of drug-likeness (QED) is 0.695. The Labute approximate surface area is 180 Å². The number of methoxy groups -OCH3 is 1. The molecule has 10 heteroatoms. The predicted molar refractivity (Wildman–Crippen MR) is 109 cm³/mol. The Kier molecular flexibility index (Phi) is 7.24. The van der Waals surface area contributed by atoms with Gasteiger partial charge in [-0.05, 0) is 42.3 Å². The molecule has 2 aromatic carbocycles. The maximum atomic E-state index is 13.4. The van der Waals surface area contributed by atoms with Crippen LogP contribution in [0.15, 0.2) is 41.3 Å². The number of nitrogens with zero attached hydrogens (tertiary/aromatic N) is 1. The van der Waals surface area contributed by atoms with Crippen molar-refractivity contribution in [2.24, 2.45) is 0 Å². The van der Waals surface area contributed by atoms with Gasteiger partial charge in [-0.25, -0.2) is 17.2 Å². The molecule has 168 valence electrons. The maximum Gasteiger partial charge on any atom is 0.246 e. The first-order valence-electron chi connectivity index (χ1n) is 9.71. The molecule has 2 aromatic rings. The molecule has 7 nitrogen and oxygen atoms in total. The normalized spacial score (nSPS) is 16.0. The van der Waals surface area contributed by atoms with Crippen LogP contribution in [0, 0.1) is 11.6 Å². The Hall–Kier alpha value is -2.56. The van der Waals surface area contributed by atoms with Gasteiger partial charge < -0.3 is 14.8 Å². The molecule has 0 radical (unpaired) electrons. The van der Waals surface area contributed by atoms with Crippen LogP contribution in [0.1, 0.15) is 24.1 Å². The SMILES string of the molecule is COc1ccc(CC(=O)NC(C)c2ccc(F)c(F)c2)cc1S(=O)(=O)N1CCOCC1. The van der Waals surface area contributed by atoms with E-state index in [1.165, 1.54) is 29.6 Å². The number of hydrogen-bond donors (Lipinski definition) is 1. The Balaban J connectivity index is 1.76. The van der Waals surface area contributed by atoms with E-state index in [2.05, 4.69) is 5.32 Å². The van der Waals surface area contributed by atoms with E-state index in [1.54, 1.807) is 13.0 Å². The molecule has 1 N–H and O–H groups in total. The van der Waals surface area contributed by atoms with Crippen molar-refractivity contribution in [3.8, 4) is 5.75 Å². The van der Waals surface area contributed by atoms with Crippen molar-refractivity contribution in [3.05, 3.63) is 59.2 Å². The van der Waals surface area contributed by atoms with Gasteiger partial charge >= 0.3 is 0 Å². The number of carbonyl (C=O) groups excluding carboxylic acids is 1. The van der Waals surface area contributed by atoms with E-state index in [4.69, 9.17) is 9.47 Å². The monoisotopic (exact) mass is 454 g/mol. The largest absolute Gasteiger partial charge is 0.495 e. The molecular weight excluding hydrogens is 430 g/mol. The van der Waals surface area contributed by atoms with Crippen molar-refractivity contribution in [2.45, 2.75) is 24.3 Å². The number of benzene rings is 2. The van der Waals surface area contributed by atoms with Gasteiger partial charge in [-0.3, -0.25) is 4.79 Å². The summed E-state index contributed by atoms with van der Waals surface area (Å²) in [5, 5.41) is 2.71. The van der Waals surface area contributed by atoms with Gasteiger partial charge in [-0.1, -0.05) is 12.1 Å². The highest BCUT2D eigenvalue weighted by Crippen LogP contribution is 2.28. The van der Waals surface area contributed by atoms with Gasteiger partial charge in [0.15, 0.2) is 11.6 Å². The summed E-state index contributed by atoms with van der Waals surface area (Å²) >= 11 is 0. The summed E-state index contributed by atoms with van der Waals surface area (Å²) in [4.78, 5) is 12.5. The Morgan fingerprint density at radius 2 is 1.87 bits per heavy atom. The number of amides is 1. The lowest BCUT2D eigenvalue weighted by Crippen LogP contribution is -2.40. The van der Waals surface area contributed by atoms with Crippen LogP contribution in [0.5, 0.6) is 5.75 Å². The molecule has 1 aliphatic rings. The van der Waals surface area contributed by atoms with Gasteiger partial charge in [0.05, 0.1) is 32.8 Å². The summed E-state index contributed by atoms with van der Waals surface area (Å²) in [6.45, 7) is 2.74. The third kappa shape index (κ3) is 5.38. The van der Waals surface area contributed by atoms with Gasteiger partial charge in [0.1, 0.15) is 10.6 Å². The third-order valence-corrected chi connectivity index (χ3v) is 6.92. The molecule has 0 aliphatic carbocycles. The van der Waals surface area contributed by atoms with E-state index >= 15 is 0 Å². The molecule has 1 saturated heterocycles. The fourth-order valence-electron chi connectivity index (χ4n) is 3.30. The van der Waals surface area contributed by atoms with E-state index in [-0.39, 0.29) is 30.2 Å². The Bertz CT molecular complexity index is 1060. The minimum Gasteiger partial charge on any atom is -0.495 e. The van der Waals surface area contributed by atoms with Gasteiger partial charge in [0.2, 0.25) is 15.9 Å². The van der Waals surface area contributed by atoms with Crippen molar-refractivity contribution in [3.63, 3.8) is 0 Å². The standard InChI is InChI=1S/C21H24F2N2O5S/c1-14(16-4-5-17(22)18(23)13-16)24-21(26)12-15-3-6-19(29-2)20(11-15)31(27,28)25-7-9-30-10-8-25/h3-6,11,13-14H,7-10,12H2,1-2H3,(H,24,26). The molecule has 3 rings (SSSR count). The number of rotatable bonds is 7. The van der Waals surface area contributed by atoms with Crippen LogP contribution in [0.4, 0.5) is 8.78 Å². The summed E-state index contributed by atoms with van der Waals surface area (Å²) in [7, 11) is -2.44. The smallest absolute Gasteiger partial charge is 0.246 e. The molecule has 1 amide bonds. The molecule has 1 atom stereocenters. The highest BCUT2D eigenvalue weighted by Gasteiger charge is 2.29. The molecule has 1 fully saturated rings. The van der Waals surface area contributed by atoms with E-state index in [9.17, 15) is 22.0 Å². The van der Waals surface area contributed by atoms with Crippen molar-refractivity contribution in [1.82, 2.24) is 9.62 Å². The van der Waals surface area contributed by atoms with Crippen LogP contribution in [0.25, 0.3) is 0 Å². The van der Waals surface area contributed by atoms with Crippen molar-refractivity contribution < 1.29 is 31.5 Å². The van der Waals surface area contributed by atoms with E-state index in [0.29, 0.717) is 24.3 Å². The number of morpholine rings is 1. The molecule has 1 heterocycles. The van der Waals surface area contributed by atoms with Crippen LogP contribution >= 0.6 is 0 Å². The molecule has 31 heavy (non-hydrogen) atoms. The minimum atomic E-state index is -3.82. The molecular formula is C21H24F2N2O5S. The number of nitrogens with one attached hydrogen (secondary N) is 1. The first-order chi connectivity index (χ1) is 14.7. The van der Waals surface area contributed by atoms with E-state index in [1.807, 2.05) is 0 Å². The molecule has 0 bridgehead atoms. The minimum absolute atomic E-state index is 0.0177. The van der Waals surface area contributed by atoms with Crippen LogP contribution < -0.4 is 10.1 Å². The van der Waals surface area contributed by atoms with Crippen molar-refractivity contribution in [2.75, 3.05) is 33.4 Å². The molecule has 0 aromatic heterocycles. The number of hydrogen-bond acceptors (Lipinski definition) is 5. The van der Waals surface area contributed by atoms with Gasteiger partial charge in [-0.2, -0.15) is 4.31 Å². The highest BCUT2D eigenvalue weighted by atomic mass is 32.2. The van der Waals surface area contributed by atoms with Crippen molar-refractivity contribution in [1.29, 1.82) is 0 Å². The van der Waals surface area contributed by atoms with E-state index in [0.717, 1.165) is 12.1 Å². The maximum absolute atomic E-state index is 13.4. The van der Waals surface area contributed by atoms with Gasteiger partial charge in [0.25, 0.3) is 0 Å². The van der Waals surface area contributed by atoms with Crippen LogP contribution in [0.3, 0.4) is 0 Å². The zero-order chi connectivity index (χ0) is 22.6. The second kappa shape index (κ2) is 9.71. The first kappa shape index (κ1) is 23.1. The molecule has 0 saturated carbocycles. The fourth-order valence-corrected chi connectivity index (χ4v) is 4.92. The van der Waals surface area contributed by atoms with Gasteiger partial charge in [-0.15, -0.1) is 0 Å². The summed E-state index contributed by atoms with van der Waals surface area (Å²) < 4.78 is 64.4. The predicted octanol–water partition coefficient (Wildman–Crippen LogP) is 2.41. The van der Waals surface area contributed by atoms with Crippen LogP contribution in [-0.4, -0.2) is 52.0 Å². The number of halogens is 2. The Morgan fingerprint density at radius 3 is 2.52 bits per heavy atom. The van der Waals surface area contributed by atoms with Crippen molar-refractivity contribution >= 4 is 15.9 Å². The fraction of sp³-hybridized carbons (Fsp3) is 0.381. The zero-order valence-electron chi connectivity index (χ0n) is 17.2. The number of carbonyl (C=O) groups is 1. The summed E-state index contributed by atoms with van der Waals surface area (Å²) in [6.07, 6.45) is -0.0936. The Morgan fingerprint density at radius 1 is 1.16 bits per heavy atom. The molecule has 1 unspecified atom stereocenters. The summed E-state index contributed by atoms with van der Waals surface area (Å²) in [6, 6.07) is 7.40. The lowest BCUT2D eigenvalue weighted by molar-refractivity contribution is -0.121. The van der Waals surface area contributed by atoms with Crippen LogP contribution in [-0.2, 0) is 26.0 Å². The number of sulfonamides is 1. The lowest BCUT2D eigenvalue weighted by Gasteiger charge is -2.26. The third-order valence-electron chi connectivity index (χ3n) is 5.00. The average molecular weight is 454 g/mol. The topological polar surface area (TPSA) is 84.9 Å². The molecule has 0 spiro atoms. The molecule has 1 aliphatic heterocycles. The van der Waals surface area contributed by atoms with Crippen LogP contribution in [0.2, 0.25) is 0 Å². The summed E-state index contributed by atoms with van der Waals surface area (Å²) in [5.41, 5.74) is 0.889. The summed E-state index contributed by atoms with van der Waals surface area (Å²) in [5.74, 6) is -2.16. The zero-order valence-corrected chi connectivity index (χ0v) is 18.0. The highest BCUT2D eigenvalue weighted by molar-refractivity contribution is 7.89. The lowest BCUT2D eigenvalue weighted by atomic mass is 10.1. The van der Waals surface area contributed by atoms with E-state index < -0.39 is 33.6 Å². The number of ether oxygens (including phenoxy) is 2. The van der Waals surface area contributed by atoms with Gasteiger partial charge in [0, 0.05) is 13.1 Å². The average Bonchev–Trinajstić information content (AvgIpc) is 2.76. The second-order valence-corrected chi connectivity index (χ2v) is 9.05. The first-order valence-corrected chi connectivity index (χ1v) is 11.2.